The van der Waals surface area contributed by atoms with E-state index in [0.29, 0.717) is 19.3 Å². The third-order valence-electron chi connectivity index (χ3n) is 3.86. The maximum Gasteiger partial charge on any atom is 0.411 e. The van der Waals surface area contributed by atoms with Gasteiger partial charge < -0.3 is 14.6 Å². The van der Waals surface area contributed by atoms with Crippen LogP contribution in [0.3, 0.4) is 0 Å². The number of carbonyl (C=O) groups excluding carboxylic acids is 1. The Morgan fingerprint density at radius 2 is 2.00 bits per heavy atom. The van der Waals surface area contributed by atoms with Gasteiger partial charge in [0.05, 0.1) is 6.10 Å². The number of carbonyl (C=O) groups is 2. The van der Waals surface area contributed by atoms with Gasteiger partial charge in [-0.3, -0.25) is 4.90 Å². The van der Waals surface area contributed by atoms with E-state index < -0.39 is 23.2 Å². The molecule has 0 radical (unpaired) electrons. The highest BCUT2D eigenvalue weighted by Crippen LogP contribution is 2.36. The summed E-state index contributed by atoms with van der Waals surface area (Å²) in [7, 11) is 1.58. The van der Waals surface area contributed by atoms with Crippen LogP contribution in [0.2, 0.25) is 0 Å². The molecule has 0 aliphatic heterocycles. The van der Waals surface area contributed by atoms with Crippen molar-refractivity contribution in [1.82, 2.24) is 4.90 Å². The number of hydrogen-bond donors (Lipinski definition) is 1. The summed E-state index contributed by atoms with van der Waals surface area (Å²) in [4.78, 5) is 25.6. The quantitative estimate of drug-likeness (QED) is 0.864. The highest BCUT2D eigenvalue weighted by molar-refractivity contribution is 5.84. The number of hydrogen-bond acceptors (Lipinski definition) is 4. The Hall–Kier alpha value is -1.30. The molecule has 2 atom stereocenters. The highest BCUT2D eigenvalue weighted by atomic mass is 16.6. The fourth-order valence-corrected chi connectivity index (χ4v) is 2.88. The van der Waals surface area contributed by atoms with Crippen LogP contribution in [0.25, 0.3) is 0 Å². The number of ether oxygens (including phenoxy) is 2. The maximum absolute atomic E-state index is 12.4. The third kappa shape index (κ3) is 4.09. The molecule has 1 amide bonds. The highest BCUT2D eigenvalue weighted by Gasteiger charge is 2.50. The third-order valence-corrected chi connectivity index (χ3v) is 3.86. The lowest BCUT2D eigenvalue weighted by Crippen LogP contribution is -2.60. The summed E-state index contributed by atoms with van der Waals surface area (Å²) in [6.45, 7) is 7.36. The maximum atomic E-state index is 12.4. The van der Waals surface area contributed by atoms with E-state index in [2.05, 4.69) is 0 Å². The van der Waals surface area contributed by atoms with E-state index in [9.17, 15) is 14.7 Å². The number of amides is 1. The Labute approximate surface area is 126 Å². The van der Waals surface area contributed by atoms with Crippen molar-refractivity contribution in [3.05, 3.63) is 0 Å². The van der Waals surface area contributed by atoms with Gasteiger partial charge in [0.1, 0.15) is 11.1 Å². The van der Waals surface area contributed by atoms with Gasteiger partial charge in [-0.05, 0) is 47.0 Å². The van der Waals surface area contributed by atoms with Crippen molar-refractivity contribution in [3.8, 4) is 0 Å². The summed E-state index contributed by atoms with van der Waals surface area (Å²) in [5.74, 6) is -0.989. The normalized spacial score (nSPS) is 26.2. The van der Waals surface area contributed by atoms with Gasteiger partial charge >= 0.3 is 12.1 Å². The van der Waals surface area contributed by atoms with E-state index in [1.807, 2.05) is 0 Å². The fraction of sp³-hybridized carbons (Fsp3) is 0.867. The summed E-state index contributed by atoms with van der Waals surface area (Å²) in [5.41, 5.74) is -1.89. The number of aliphatic carboxylic acids is 1. The molecule has 0 aromatic carbocycles. The molecule has 0 saturated heterocycles. The lowest BCUT2D eigenvalue weighted by Gasteiger charge is -2.44. The second kappa shape index (κ2) is 6.64. The summed E-state index contributed by atoms with van der Waals surface area (Å²) >= 11 is 0. The van der Waals surface area contributed by atoms with Crippen molar-refractivity contribution in [3.63, 3.8) is 0 Å². The van der Waals surface area contributed by atoms with Crippen molar-refractivity contribution in [2.24, 2.45) is 0 Å². The molecule has 0 spiro atoms. The van der Waals surface area contributed by atoms with Gasteiger partial charge in [-0.25, -0.2) is 9.59 Å². The van der Waals surface area contributed by atoms with Crippen molar-refractivity contribution >= 4 is 12.1 Å². The van der Waals surface area contributed by atoms with Crippen LogP contribution in [0.1, 0.15) is 53.4 Å². The molecule has 1 saturated carbocycles. The summed E-state index contributed by atoms with van der Waals surface area (Å²) in [5, 5.41) is 9.75. The zero-order valence-electron chi connectivity index (χ0n) is 13.6. The molecule has 0 aromatic rings. The average molecular weight is 301 g/mol. The number of methoxy groups -OCH3 is 1. The monoisotopic (exact) mass is 301 g/mol. The second-order valence-electron chi connectivity index (χ2n) is 6.52. The number of nitrogens with zero attached hydrogens (tertiary/aromatic N) is 1. The number of rotatable bonds is 4. The van der Waals surface area contributed by atoms with Crippen LogP contribution in [0, 0.1) is 0 Å². The molecule has 2 unspecified atom stereocenters. The molecule has 0 aromatic heterocycles. The molecule has 21 heavy (non-hydrogen) atoms. The van der Waals surface area contributed by atoms with Gasteiger partial charge in [-0.2, -0.15) is 0 Å². The predicted molar refractivity (Wildman–Crippen MR) is 78.2 cm³/mol. The molecule has 0 heterocycles. The molecular formula is C15H27NO5. The summed E-state index contributed by atoms with van der Waals surface area (Å²) < 4.78 is 10.7. The Kier molecular flexibility index (Phi) is 5.61. The Bertz CT molecular complexity index is 390. The van der Waals surface area contributed by atoms with Crippen LogP contribution in [0.5, 0.6) is 0 Å². The average Bonchev–Trinajstić information content (AvgIpc) is 2.37. The van der Waals surface area contributed by atoms with Gasteiger partial charge in [-0.15, -0.1) is 0 Å². The van der Waals surface area contributed by atoms with E-state index in [-0.39, 0.29) is 12.6 Å². The van der Waals surface area contributed by atoms with E-state index >= 15 is 0 Å². The fourth-order valence-electron chi connectivity index (χ4n) is 2.88. The molecule has 122 valence electrons. The number of likely N-dealkylation sites (N-methyl/N-ethyl adjacent to an activating group) is 1. The van der Waals surface area contributed by atoms with Gasteiger partial charge in [0.25, 0.3) is 0 Å². The summed E-state index contributed by atoms with van der Waals surface area (Å²) in [6, 6.07) is 0. The predicted octanol–water partition coefficient (Wildman–Crippen LogP) is 2.66. The Morgan fingerprint density at radius 3 is 2.43 bits per heavy atom. The van der Waals surface area contributed by atoms with Crippen LogP contribution >= 0.6 is 0 Å². The SMILES string of the molecule is CCN(C(=O)OC(C)(C)C)C1(C(=O)O)CCCC(OC)C1. The Balaban J connectivity index is 3.06. The Morgan fingerprint density at radius 1 is 1.38 bits per heavy atom. The van der Waals surface area contributed by atoms with E-state index in [1.54, 1.807) is 34.8 Å². The van der Waals surface area contributed by atoms with Gasteiger partial charge in [0.2, 0.25) is 0 Å². The second-order valence-corrected chi connectivity index (χ2v) is 6.52. The first kappa shape index (κ1) is 17.8. The minimum absolute atomic E-state index is 0.147. The molecule has 1 rings (SSSR count). The van der Waals surface area contributed by atoms with E-state index in [4.69, 9.17) is 9.47 Å². The molecule has 1 aliphatic carbocycles. The number of carboxylic acids is 1. The zero-order valence-corrected chi connectivity index (χ0v) is 13.6. The lowest BCUT2D eigenvalue weighted by molar-refractivity contribution is -0.157. The smallest absolute Gasteiger partial charge is 0.411 e. The first-order chi connectivity index (χ1) is 9.66. The van der Waals surface area contributed by atoms with E-state index in [0.717, 1.165) is 6.42 Å². The standard InChI is InChI=1S/C15H27NO5/c1-6-16(13(19)21-14(2,3)4)15(12(17)18)9-7-8-11(10-15)20-5/h11H,6-10H2,1-5H3,(H,17,18). The minimum Gasteiger partial charge on any atom is -0.479 e. The first-order valence-corrected chi connectivity index (χ1v) is 7.43. The lowest BCUT2D eigenvalue weighted by atomic mass is 9.78. The molecule has 1 N–H and O–H groups in total. The number of carboxylic acid groups (broad SMARTS) is 1. The van der Waals surface area contributed by atoms with E-state index in [1.165, 1.54) is 4.90 Å². The van der Waals surface area contributed by atoms with Gasteiger partial charge in [-0.1, -0.05) is 0 Å². The molecule has 6 nitrogen and oxygen atoms in total. The molecule has 1 aliphatic rings. The van der Waals surface area contributed by atoms with Crippen LogP contribution in [0.15, 0.2) is 0 Å². The molecule has 6 heteroatoms. The largest absolute Gasteiger partial charge is 0.479 e. The summed E-state index contributed by atoms with van der Waals surface area (Å²) in [6.07, 6.45) is 1.53. The molecule has 0 bridgehead atoms. The van der Waals surface area contributed by atoms with Crippen molar-refractivity contribution < 1.29 is 24.2 Å². The van der Waals surface area contributed by atoms with Gasteiger partial charge in [0, 0.05) is 20.1 Å². The molecule has 1 fully saturated rings. The van der Waals surface area contributed by atoms with Crippen LogP contribution in [-0.2, 0) is 14.3 Å². The van der Waals surface area contributed by atoms with Crippen molar-refractivity contribution in [2.45, 2.75) is 70.6 Å². The van der Waals surface area contributed by atoms with Gasteiger partial charge in [0.15, 0.2) is 0 Å². The van der Waals surface area contributed by atoms with Crippen LogP contribution in [-0.4, -0.2) is 53.0 Å². The first-order valence-electron chi connectivity index (χ1n) is 7.43. The molecular weight excluding hydrogens is 274 g/mol. The minimum atomic E-state index is -1.24. The van der Waals surface area contributed by atoms with Crippen molar-refractivity contribution in [2.75, 3.05) is 13.7 Å². The van der Waals surface area contributed by atoms with Crippen molar-refractivity contribution in [1.29, 1.82) is 0 Å². The zero-order chi connectivity index (χ0) is 16.3. The van der Waals surface area contributed by atoms with Crippen LogP contribution in [0.4, 0.5) is 4.79 Å². The topological polar surface area (TPSA) is 76.1 Å². The van der Waals surface area contributed by atoms with Crippen LogP contribution < -0.4 is 0 Å².